The monoisotopic (exact) mass is 507 g/mol. The van der Waals surface area contributed by atoms with Crippen LogP contribution in [0.15, 0.2) is 83.8 Å². The van der Waals surface area contributed by atoms with Gasteiger partial charge in [0, 0.05) is 40.1 Å². The van der Waals surface area contributed by atoms with E-state index < -0.39 is 17.6 Å². The van der Waals surface area contributed by atoms with Crippen molar-refractivity contribution in [1.29, 1.82) is 5.26 Å². The molecular weight excluding hydrogens is 486 g/mol. The van der Waals surface area contributed by atoms with Gasteiger partial charge >= 0.3 is 0 Å². The van der Waals surface area contributed by atoms with Gasteiger partial charge in [-0.25, -0.2) is 4.68 Å². The molecule has 8 nitrogen and oxygen atoms in total. The number of thioether (sulfide) groups is 1. The summed E-state index contributed by atoms with van der Waals surface area (Å²) in [4.78, 5) is 39.2. The quantitative estimate of drug-likeness (QED) is 0.278. The maximum atomic E-state index is 13.6. The molecule has 0 saturated carbocycles. The number of nitriles is 1. The Bertz CT molecular complexity index is 1560. The van der Waals surface area contributed by atoms with E-state index in [1.165, 1.54) is 18.7 Å². The number of fused-ring (bicyclic) bond motifs is 3. The first kappa shape index (κ1) is 24.0. The third kappa shape index (κ3) is 4.75. The molecule has 1 aromatic heterocycles. The summed E-state index contributed by atoms with van der Waals surface area (Å²) in [6.07, 6.45) is 0. The maximum absolute atomic E-state index is 13.6. The van der Waals surface area contributed by atoms with Crippen molar-refractivity contribution in [2.45, 2.75) is 17.6 Å². The zero-order chi connectivity index (χ0) is 25.9. The minimum atomic E-state index is -1.57. The average Bonchev–Trinajstić information content (AvgIpc) is 3.30. The van der Waals surface area contributed by atoms with Crippen molar-refractivity contribution in [3.63, 3.8) is 0 Å². The van der Waals surface area contributed by atoms with Crippen LogP contribution in [0.5, 0.6) is 0 Å². The molecule has 0 fully saturated rings. The number of aromatic nitrogens is 2. The lowest BCUT2D eigenvalue weighted by Gasteiger charge is -2.19. The zero-order valence-electron chi connectivity index (χ0n) is 19.8. The minimum absolute atomic E-state index is 0.0803. The van der Waals surface area contributed by atoms with E-state index in [1.54, 1.807) is 35.0 Å². The first-order valence-electron chi connectivity index (χ1n) is 11.5. The molecule has 2 amide bonds. The van der Waals surface area contributed by atoms with Crippen molar-refractivity contribution in [1.82, 2.24) is 9.78 Å². The van der Waals surface area contributed by atoms with Crippen molar-refractivity contribution < 1.29 is 14.4 Å². The van der Waals surface area contributed by atoms with E-state index in [-0.39, 0.29) is 11.6 Å². The number of Topliss-reactive ketones (excluding diaryl/α,β-unsaturated/α-hetero) is 1. The molecule has 3 aromatic carbocycles. The molecule has 1 aliphatic rings. The number of carbonyl (C=O) groups excluding carboxylic acids is 3. The second kappa shape index (κ2) is 10.1. The number of carbonyl (C=O) groups is 3. The van der Waals surface area contributed by atoms with Crippen LogP contribution in [-0.4, -0.2) is 27.4 Å². The van der Waals surface area contributed by atoms with Gasteiger partial charge in [0.25, 0.3) is 0 Å². The van der Waals surface area contributed by atoms with Crippen molar-refractivity contribution in [3.8, 4) is 23.0 Å². The van der Waals surface area contributed by atoms with Crippen LogP contribution in [0.3, 0.4) is 0 Å². The predicted octanol–water partition coefficient (Wildman–Crippen LogP) is 5.06. The van der Waals surface area contributed by atoms with Gasteiger partial charge in [-0.15, -0.1) is 11.8 Å². The van der Waals surface area contributed by atoms with E-state index in [4.69, 9.17) is 0 Å². The Morgan fingerprint density at radius 3 is 2.35 bits per heavy atom. The van der Waals surface area contributed by atoms with Gasteiger partial charge in [-0.2, -0.15) is 10.4 Å². The molecule has 182 valence electrons. The number of anilines is 2. The summed E-state index contributed by atoms with van der Waals surface area (Å²) in [5.74, 6) is -2.70. The fourth-order valence-corrected chi connectivity index (χ4v) is 5.25. The maximum Gasteiger partial charge on any atom is 0.249 e. The number of rotatable bonds is 6. The second-order valence-corrected chi connectivity index (χ2v) is 9.40. The summed E-state index contributed by atoms with van der Waals surface area (Å²) in [5.41, 5.74) is 4.04. The molecule has 1 unspecified atom stereocenters. The van der Waals surface area contributed by atoms with E-state index in [0.29, 0.717) is 28.4 Å². The number of benzene rings is 3. The van der Waals surface area contributed by atoms with E-state index in [1.807, 2.05) is 54.6 Å². The topological polar surface area (TPSA) is 117 Å². The van der Waals surface area contributed by atoms with Crippen LogP contribution in [0.4, 0.5) is 11.4 Å². The van der Waals surface area contributed by atoms with Gasteiger partial charge in [0.05, 0.1) is 17.5 Å². The lowest BCUT2D eigenvalue weighted by Crippen LogP contribution is -2.29. The van der Waals surface area contributed by atoms with Gasteiger partial charge in [-0.3, -0.25) is 14.4 Å². The van der Waals surface area contributed by atoms with Crippen LogP contribution < -0.4 is 10.6 Å². The molecule has 5 rings (SSSR count). The highest BCUT2D eigenvalue weighted by Gasteiger charge is 2.35. The Hall–Kier alpha value is -4.68. The van der Waals surface area contributed by atoms with Crippen LogP contribution in [-0.2, 0) is 15.3 Å². The Morgan fingerprint density at radius 2 is 1.68 bits per heavy atom. The third-order valence-electron chi connectivity index (χ3n) is 5.84. The van der Waals surface area contributed by atoms with Gasteiger partial charge in [0.1, 0.15) is 5.69 Å². The number of hydrogen-bond donors (Lipinski definition) is 2. The highest BCUT2D eigenvalue weighted by molar-refractivity contribution is 7.98. The van der Waals surface area contributed by atoms with Crippen LogP contribution >= 0.6 is 11.8 Å². The van der Waals surface area contributed by atoms with Gasteiger partial charge in [-0.05, 0) is 42.5 Å². The standard InChI is InChI=1S/C28H21N5O3S/c1-17(34)30-19-12-13-24-21(14-19)26-23(16-37-24)25(32-33(26)20-10-6-3-7-11-20)27(35)22(15-29)28(36)31-18-8-4-2-5-9-18/h2-14,22H,16H2,1H3,(H,30,34)(H,31,36). The minimum Gasteiger partial charge on any atom is -0.326 e. The highest BCUT2D eigenvalue weighted by Crippen LogP contribution is 2.45. The molecule has 1 atom stereocenters. The number of hydrogen-bond acceptors (Lipinski definition) is 6. The highest BCUT2D eigenvalue weighted by atomic mass is 32.2. The Balaban J connectivity index is 1.61. The molecular formula is C28H21N5O3S. The molecule has 1 aliphatic heterocycles. The summed E-state index contributed by atoms with van der Waals surface area (Å²) in [6.45, 7) is 1.44. The van der Waals surface area contributed by atoms with E-state index in [0.717, 1.165) is 16.1 Å². The van der Waals surface area contributed by atoms with Crippen LogP contribution in [0.2, 0.25) is 0 Å². The number of nitrogens with zero attached hydrogens (tertiary/aromatic N) is 3. The summed E-state index contributed by atoms with van der Waals surface area (Å²) < 4.78 is 1.67. The van der Waals surface area contributed by atoms with Gasteiger partial charge in [0.15, 0.2) is 5.92 Å². The molecule has 9 heteroatoms. The Morgan fingerprint density at radius 1 is 0.973 bits per heavy atom. The van der Waals surface area contributed by atoms with Gasteiger partial charge in [-0.1, -0.05) is 36.4 Å². The summed E-state index contributed by atoms with van der Waals surface area (Å²) in [5, 5.41) is 19.9. The molecule has 0 aliphatic carbocycles. The number of para-hydroxylation sites is 2. The second-order valence-electron chi connectivity index (χ2n) is 8.39. The number of ketones is 1. The molecule has 0 saturated heterocycles. The summed E-state index contributed by atoms with van der Waals surface area (Å²) >= 11 is 1.53. The summed E-state index contributed by atoms with van der Waals surface area (Å²) in [7, 11) is 0. The predicted molar refractivity (Wildman–Crippen MR) is 141 cm³/mol. The third-order valence-corrected chi connectivity index (χ3v) is 6.94. The number of nitrogens with one attached hydrogen (secondary N) is 2. The number of amides is 2. The Labute approximate surface area is 217 Å². The molecule has 2 heterocycles. The lowest BCUT2D eigenvalue weighted by molar-refractivity contribution is -0.117. The zero-order valence-corrected chi connectivity index (χ0v) is 20.6. The molecule has 2 N–H and O–H groups in total. The van der Waals surface area contributed by atoms with Crippen LogP contribution in [0, 0.1) is 17.2 Å². The van der Waals surface area contributed by atoms with Crippen molar-refractivity contribution in [3.05, 3.63) is 90.1 Å². The fraction of sp³-hybridized carbons (Fsp3) is 0.107. The van der Waals surface area contributed by atoms with E-state index in [9.17, 15) is 19.6 Å². The normalized spacial score (nSPS) is 12.4. The molecule has 4 aromatic rings. The van der Waals surface area contributed by atoms with Crippen LogP contribution in [0.1, 0.15) is 23.0 Å². The molecule has 0 radical (unpaired) electrons. The average molecular weight is 508 g/mol. The first-order valence-corrected chi connectivity index (χ1v) is 12.5. The molecule has 0 spiro atoms. The smallest absolute Gasteiger partial charge is 0.249 e. The molecule has 0 bridgehead atoms. The van der Waals surface area contributed by atoms with Crippen molar-refractivity contribution in [2.24, 2.45) is 5.92 Å². The summed E-state index contributed by atoms with van der Waals surface area (Å²) in [6, 6.07) is 25.5. The largest absolute Gasteiger partial charge is 0.326 e. The van der Waals surface area contributed by atoms with Crippen molar-refractivity contribution in [2.75, 3.05) is 10.6 Å². The fourth-order valence-electron chi connectivity index (χ4n) is 4.20. The molecule has 37 heavy (non-hydrogen) atoms. The Kier molecular flexibility index (Phi) is 6.58. The first-order chi connectivity index (χ1) is 18.0. The van der Waals surface area contributed by atoms with Gasteiger partial charge in [0.2, 0.25) is 17.6 Å². The van der Waals surface area contributed by atoms with E-state index in [2.05, 4.69) is 15.7 Å². The SMILES string of the molecule is CC(=O)Nc1ccc2c(c1)-c1c(c(C(=O)C(C#N)C(=O)Nc3ccccc3)nn1-c1ccccc1)CS2. The lowest BCUT2D eigenvalue weighted by atomic mass is 9.97. The van der Waals surface area contributed by atoms with Gasteiger partial charge < -0.3 is 10.6 Å². The van der Waals surface area contributed by atoms with Crippen LogP contribution in [0.25, 0.3) is 16.9 Å². The van der Waals surface area contributed by atoms with Crippen molar-refractivity contribution >= 4 is 40.7 Å². The van der Waals surface area contributed by atoms with E-state index >= 15 is 0 Å².